The van der Waals surface area contributed by atoms with Crippen LogP contribution in [0.3, 0.4) is 0 Å². The fourth-order valence-electron chi connectivity index (χ4n) is 1.33. The van der Waals surface area contributed by atoms with Crippen molar-refractivity contribution in [2.75, 3.05) is 11.9 Å². The third-order valence-electron chi connectivity index (χ3n) is 2.34. The van der Waals surface area contributed by atoms with Crippen LogP contribution in [0, 0.1) is 0 Å². The van der Waals surface area contributed by atoms with Crippen LogP contribution in [0.25, 0.3) is 0 Å². The van der Waals surface area contributed by atoms with Crippen LogP contribution in [0.4, 0.5) is 5.69 Å². The zero-order valence-electron chi connectivity index (χ0n) is 7.99. The average Bonchev–Trinajstić information content (AvgIpc) is 3.02. The highest BCUT2D eigenvalue weighted by Crippen LogP contribution is 2.24. The van der Waals surface area contributed by atoms with Crippen molar-refractivity contribution < 1.29 is 4.79 Å². The minimum atomic E-state index is -0.0111. The predicted octanol–water partition coefficient (Wildman–Crippen LogP) is 1.40. The number of nitrogens with one attached hydrogen (secondary N) is 1. The van der Waals surface area contributed by atoms with Crippen molar-refractivity contribution in [2.45, 2.75) is 18.9 Å². The van der Waals surface area contributed by atoms with E-state index in [1.54, 1.807) is 0 Å². The van der Waals surface area contributed by atoms with E-state index in [9.17, 15) is 4.79 Å². The lowest BCUT2D eigenvalue weighted by Crippen LogP contribution is -2.13. The van der Waals surface area contributed by atoms with E-state index >= 15 is 0 Å². The van der Waals surface area contributed by atoms with E-state index in [4.69, 9.17) is 5.73 Å². The molecule has 0 amide bonds. The Bertz CT molecular complexity index is 328. The maximum Gasteiger partial charge on any atom is 0.176 e. The minimum absolute atomic E-state index is 0.0111. The van der Waals surface area contributed by atoms with Gasteiger partial charge in [-0.1, -0.05) is 0 Å². The average molecular weight is 190 g/mol. The highest BCUT2D eigenvalue weighted by Gasteiger charge is 2.20. The molecule has 1 saturated carbocycles. The molecule has 3 N–H and O–H groups in total. The molecule has 0 spiro atoms. The summed E-state index contributed by atoms with van der Waals surface area (Å²) in [6.07, 6.45) is 2.51. The smallest absolute Gasteiger partial charge is 0.176 e. The Kier molecular flexibility index (Phi) is 2.50. The van der Waals surface area contributed by atoms with E-state index in [0.717, 1.165) is 5.69 Å². The molecule has 3 heteroatoms. The highest BCUT2D eigenvalue weighted by molar-refractivity contribution is 5.97. The Morgan fingerprint density at radius 3 is 2.50 bits per heavy atom. The van der Waals surface area contributed by atoms with Gasteiger partial charge in [0, 0.05) is 17.3 Å². The summed E-state index contributed by atoms with van der Waals surface area (Å²) in [5.74, 6) is -0.0111. The van der Waals surface area contributed by atoms with E-state index in [1.807, 2.05) is 24.3 Å². The summed E-state index contributed by atoms with van der Waals surface area (Å²) in [4.78, 5) is 11.2. The molecule has 1 fully saturated rings. The number of ketones is 1. The SMILES string of the molecule is NCC(=O)c1ccc(NC2CC2)cc1. The van der Waals surface area contributed by atoms with Gasteiger partial charge in [0.1, 0.15) is 0 Å². The largest absolute Gasteiger partial charge is 0.382 e. The third-order valence-corrected chi connectivity index (χ3v) is 2.34. The molecule has 0 heterocycles. The molecule has 1 aromatic rings. The number of Topliss-reactive ketones (excluding diaryl/α,β-unsaturated/α-hetero) is 1. The van der Waals surface area contributed by atoms with Gasteiger partial charge in [-0.2, -0.15) is 0 Å². The summed E-state index contributed by atoms with van der Waals surface area (Å²) in [7, 11) is 0. The van der Waals surface area contributed by atoms with E-state index < -0.39 is 0 Å². The van der Waals surface area contributed by atoms with Crippen molar-refractivity contribution in [2.24, 2.45) is 5.73 Å². The predicted molar refractivity (Wildman–Crippen MR) is 56.5 cm³/mol. The molecule has 1 aliphatic carbocycles. The second kappa shape index (κ2) is 3.80. The molecule has 0 aliphatic heterocycles. The molecule has 0 atom stereocenters. The Hall–Kier alpha value is -1.35. The van der Waals surface area contributed by atoms with Crippen LogP contribution in [-0.2, 0) is 0 Å². The first-order valence-corrected chi connectivity index (χ1v) is 4.89. The lowest BCUT2D eigenvalue weighted by atomic mass is 10.1. The molecule has 14 heavy (non-hydrogen) atoms. The van der Waals surface area contributed by atoms with Crippen LogP contribution >= 0.6 is 0 Å². The van der Waals surface area contributed by atoms with Gasteiger partial charge < -0.3 is 11.1 Å². The second-order valence-corrected chi connectivity index (χ2v) is 3.62. The quantitative estimate of drug-likeness (QED) is 0.706. The summed E-state index contributed by atoms with van der Waals surface area (Å²) in [5, 5.41) is 3.36. The first-order valence-electron chi connectivity index (χ1n) is 4.89. The Morgan fingerprint density at radius 1 is 1.36 bits per heavy atom. The number of carbonyl (C=O) groups is 1. The molecule has 0 aromatic heterocycles. The number of benzene rings is 1. The van der Waals surface area contributed by atoms with E-state index in [2.05, 4.69) is 5.32 Å². The maximum absolute atomic E-state index is 11.2. The van der Waals surface area contributed by atoms with Crippen LogP contribution in [0.5, 0.6) is 0 Å². The zero-order chi connectivity index (χ0) is 9.97. The topological polar surface area (TPSA) is 55.1 Å². The summed E-state index contributed by atoms with van der Waals surface area (Å²) < 4.78 is 0. The van der Waals surface area contributed by atoms with Crippen LogP contribution in [0.15, 0.2) is 24.3 Å². The first kappa shape index (κ1) is 9.21. The van der Waals surface area contributed by atoms with Gasteiger partial charge in [-0.15, -0.1) is 0 Å². The molecule has 1 aromatic carbocycles. The van der Waals surface area contributed by atoms with Gasteiger partial charge in [-0.3, -0.25) is 4.79 Å². The molecule has 2 rings (SSSR count). The lowest BCUT2D eigenvalue weighted by molar-refractivity contribution is 0.100. The van der Waals surface area contributed by atoms with Crippen LogP contribution < -0.4 is 11.1 Å². The van der Waals surface area contributed by atoms with Gasteiger partial charge in [0.2, 0.25) is 0 Å². The molecule has 3 nitrogen and oxygen atoms in total. The molecule has 0 radical (unpaired) electrons. The van der Waals surface area contributed by atoms with Crippen LogP contribution in [0.2, 0.25) is 0 Å². The number of rotatable bonds is 4. The van der Waals surface area contributed by atoms with Crippen molar-refractivity contribution in [1.82, 2.24) is 0 Å². The number of anilines is 1. The standard InChI is InChI=1S/C11H14N2O/c12-7-11(14)8-1-3-9(4-2-8)13-10-5-6-10/h1-4,10,13H,5-7,12H2. The normalized spacial score (nSPS) is 15.2. The Labute approximate surface area is 83.3 Å². The van der Waals surface area contributed by atoms with E-state index in [-0.39, 0.29) is 12.3 Å². The van der Waals surface area contributed by atoms with Crippen LogP contribution in [0.1, 0.15) is 23.2 Å². The molecule has 74 valence electrons. The molecular weight excluding hydrogens is 176 g/mol. The van der Waals surface area contributed by atoms with Crippen molar-refractivity contribution >= 4 is 11.5 Å². The summed E-state index contributed by atoms with van der Waals surface area (Å²) in [6, 6.07) is 8.15. The monoisotopic (exact) mass is 190 g/mol. The second-order valence-electron chi connectivity index (χ2n) is 3.62. The van der Waals surface area contributed by atoms with Gasteiger partial charge in [-0.05, 0) is 37.1 Å². The first-order chi connectivity index (χ1) is 6.79. The third kappa shape index (κ3) is 2.12. The zero-order valence-corrected chi connectivity index (χ0v) is 7.99. The Morgan fingerprint density at radius 2 is 2.00 bits per heavy atom. The molecule has 0 saturated heterocycles. The summed E-state index contributed by atoms with van der Waals surface area (Å²) >= 11 is 0. The summed E-state index contributed by atoms with van der Waals surface area (Å²) in [5.41, 5.74) is 7.04. The number of carbonyl (C=O) groups excluding carboxylic acids is 1. The van der Waals surface area contributed by atoms with Gasteiger partial charge in [0.05, 0.1) is 6.54 Å². The molecule has 0 bridgehead atoms. The van der Waals surface area contributed by atoms with E-state index in [0.29, 0.717) is 11.6 Å². The maximum atomic E-state index is 11.2. The van der Waals surface area contributed by atoms with Crippen molar-refractivity contribution in [3.05, 3.63) is 29.8 Å². The van der Waals surface area contributed by atoms with Gasteiger partial charge >= 0.3 is 0 Å². The fraction of sp³-hybridized carbons (Fsp3) is 0.364. The lowest BCUT2D eigenvalue weighted by Gasteiger charge is -2.04. The van der Waals surface area contributed by atoms with Gasteiger partial charge in [0.15, 0.2) is 5.78 Å². The van der Waals surface area contributed by atoms with Gasteiger partial charge in [-0.25, -0.2) is 0 Å². The number of hydrogen-bond acceptors (Lipinski definition) is 3. The van der Waals surface area contributed by atoms with E-state index in [1.165, 1.54) is 12.8 Å². The van der Waals surface area contributed by atoms with Gasteiger partial charge in [0.25, 0.3) is 0 Å². The van der Waals surface area contributed by atoms with Crippen molar-refractivity contribution in [3.63, 3.8) is 0 Å². The minimum Gasteiger partial charge on any atom is -0.382 e. The van der Waals surface area contributed by atoms with Crippen LogP contribution in [-0.4, -0.2) is 18.4 Å². The molecule has 0 unspecified atom stereocenters. The van der Waals surface area contributed by atoms with Crippen molar-refractivity contribution in [1.29, 1.82) is 0 Å². The van der Waals surface area contributed by atoms with Crippen molar-refractivity contribution in [3.8, 4) is 0 Å². The number of nitrogens with two attached hydrogens (primary N) is 1. The molecular formula is C11H14N2O. The number of hydrogen-bond donors (Lipinski definition) is 2. The highest BCUT2D eigenvalue weighted by atomic mass is 16.1. The molecule has 1 aliphatic rings. The summed E-state index contributed by atoms with van der Waals surface area (Å²) in [6.45, 7) is 0.0788. The fourth-order valence-corrected chi connectivity index (χ4v) is 1.33. The Balaban J connectivity index is 2.04.